The first-order chi connectivity index (χ1) is 5.81. The summed E-state index contributed by atoms with van der Waals surface area (Å²) in [6, 6.07) is 0. The Balaban J connectivity index is 3.59. The van der Waals surface area contributed by atoms with Gasteiger partial charge in [0.05, 0.1) is 0 Å². The Morgan fingerprint density at radius 3 is 2.38 bits per heavy atom. The van der Waals surface area contributed by atoms with E-state index in [2.05, 4.69) is 17.4 Å². The van der Waals surface area contributed by atoms with E-state index in [1.54, 1.807) is 0 Å². The van der Waals surface area contributed by atoms with Crippen LogP contribution in [0.15, 0.2) is 12.2 Å². The fraction of sp³-hybridized carbons (Fsp3) is 0.667. The van der Waals surface area contributed by atoms with Crippen LogP contribution in [-0.2, 0) is 4.74 Å². The van der Waals surface area contributed by atoms with Gasteiger partial charge in [-0.25, -0.2) is 10.2 Å². The molecule has 76 valence electrons. The fourth-order valence-corrected chi connectivity index (χ4v) is 0.571. The Morgan fingerprint density at radius 1 is 1.46 bits per heavy atom. The first-order valence-corrected chi connectivity index (χ1v) is 4.17. The van der Waals surface area contributed by atoms with Gasteiger partial charge in [-0.05, 0) is 27.7 Å². The van der Waals surface area contributed by atoms with Crippen molar-refractivity contribution in [1.29, 1.82) is 0 Å². The molecule has 0 unspecified atom stereocenters. The number of hydrogen-bond donors (Lipinski definition) is 2. The first kappa shape index (κ1) is 12.0. The molecule has 0 saturated carbocycles. The molecule has 0 bridgehead atoms. The maximum atomic E-state index is 11.0. The lowest BCUT2D eigenvalue weighted by Crippen LogP contribution is -2.41. The van der Waals surface area contributed by atoms with Gasteiger partial charge in [0.25, 0.3) is 0 Å². The van der Waals surface area contributed by atoms with Crippen LogP contribution >= 0.6 is 0 Å². The molecule has 0 spiro atoms. The van der Waals surface area contributed by atoms with Crippen molar-refractivity contribution >= 4 is 6.09 Å². The molecule has 2 N–H and O–H groups in total. The van der Waals surface area contributed by atoms with Crippen molar-refractivity contribution in [2.24, 2.45) is 0 Å². The molecule has 4 nitrogen and oxygen atoms in total. The van der Waals surface area contributed by atoms with Crippen LogP contribution in [-0.4, -0.2) is 18.2 Å². The Kier molecular flexibility index (Phi) is 4.48. The van der Waals surface area contributed by atoms with E-state index in [9.17, 15) is 4.79 Å². The number of carbonyl (C=O) groups excluding carboxylic acids is 1. The average molecular weight is 186 g/mol. The van der Waals surface area contributed by atoms with Gasteiger partial charge in [0, 0.05) is 6.54 Å². The highest BCUT2D eigenvalue weighted by molar-refractivity contribution is 5.66. The van der Waals surface area contributed by atoms with Crippen LogP contribution in [0.5, 0.6) is 0 Å². The van der Waals surface area contributed by atoms with Crippen molar-refractivity contribution in [2.45, 2.75) is 33.3 Å². The van der Waals surface area contributed by atoms with Crippen LogP contribution in [0.3, 0.4) is 0 Å². The minimum absolute atomic E-state index is 0.463. The van der Waals surface area contributed by atoms with Gasteiger partial charge in [0.2, 0.25) is 0 Å². The summed E-state index contributed by atoms with van der Waals surface area (Å²) in [5, 5.41) is 0. The summed E-state index contributed by atoms with van der Waals surface area (Å²) in [4.78, 5) is 11.0. The third-order valence-electron chi connectivity index (χ3n) is 0.979. The second kappa shape index (κ2) is 4.87. The standard InChI is InChI=1S/C9H18N2O2/c1-7(2)6-10-11-8(12)13-9(3,4)5/h10H,1,6H2,2-5H3,(H,11,12). The minimum Gasteiger partial charge on any atom is -0.443 e. The number of amides is 1. The van der Waals surface area contributed by atoms with Crippen molar-refractivity contribution in [3.05, 3.63) is 12.2 Å². The SMILES string of the molecule is C=C(C)CNNC(=O)OC(C)(C)C. The molecule has 0 aromatic heterocycles. The van der Waals surface area contributed by atoms with E-state index >= 15 is 0 Å². The second-order valence-corrected chi connectivity index (χ2v) is 3.94. The van der Waals surface area contributed by atoms with Crippen molar-refractivity contribution in [1.82, 2.24) is 10.9 Å². The molecule has 0 fully saturated rings. The van der Waals surface area contributed by atoms with Gasteiger partial charge < -0.3 is 4.74 Å². The molecule has 0 saturated heterocycles. The van der Waals surface area contributed by atoms with E-state index in [1.165, 1.54) is 0 Å². The van der Waals surface area contributed by atoms with Gasteiger partial charge in [0.1, 0.15) is 5.60 Å². The van der Waals surface area contributed by atoms with Gasteiger partial charge in [-0.1, -0.05) is 12.2 Å². The molecule has 0 radical (unpaired) electrons. The number of ether oxygens (including phenoxy) is 1. The number of rotatable bonds is 3. The van der Waals surface area contributed by atoms with Gasteiger partial charge in [-0.3, -0.25) is 5.43 Å². The summed E-state index contributed by atoms with van der Waals surface area (Å²) in [6.45, 7) is 11.5. The second-order valence-electron chi connectivity index (χ2n) is 3.94. The van der Waals surface area contributed by atoms with Gasteiger partial charge in [-0.2, -0.15) is 0 Å². The number of carbonyl (C=O) groups is 1. The van der Waals surface area contributed by atoms with Crippen molar-refractivity contribution in [3.63, 3.8) is 0 Å². The summed E-state index contributed by atoms with van der Waals surface area (Å²) in [5.74, 6) is 0. The molecule has 0 heterocycles. The zero-order chi connectivity index (χ0) is 10.5. The van der Waals surface area contributed by atoms with Crippen LogP contribution in [0, 0.1) is 0 Å². The molecule has 0 aliphatic carbocycles. The lowest BCUT2D eigenvalue weighted by Gasteiger charge is -2.19. The van der Waals surface area contributed by atoms with Crippen LogP contribution in [0.2, 0.25) is 0 Å². The number of nitrogens with one attached hydrogen (secondary N) is 2. The molecule has 1 amide bonds. The predicted octanol–water partition coefficient (Wildman–Crippen LogP) is 1.59. The molecule has 0 aliphatic heterocycles. The van der Waals surface area contributed by atoms with Gasteiger partial charge in [-0.15, -0.1) is 0 Å². The smallest absolute Gasteiger partial charge is 0.422 e. The molecule has 4 heteroatoms. The van der Waals surface area contributed by atoms with E-state index in [0.717, 1.165) is 5.57 Å². The third kappa shape index (κ3) is 8.88. The van der Waals surface area contributed by atoms with E-state index in [0.29, 0.717) is 6.54 Å². The summed E-state index contributed by atoms with van der Waals surface area (Å²) in [5.41, 5.74) is 5.56. The van der Waals surface area contributed by atoms with E-state index in [4.69, 9.17) is 4.74 Å². The van der Waals surface area contributed by atoms with Crippen LogP contribution in [0.1, 0.15) is 27.7 Å². The highest BCUT2D eigenvalue weighted by Crippen LogP contribution is 2.05. The first-order valence-electron chi connectivity index (χ1n) is 4.17. The highest BCUT2D eigenvalue weighted by Gasteiger charge is 2.15. The monoisotopic (exact) mass is 186 g/mol. The van der Waals surface area contributed by atoms with E-state index < -0.39 is 11.7 Å². The third-order valence-corrected chi connectivity index (χ3v) is 0.979. The van der Waals surface area contributed by atoms with Crippen LogP contribution in [0.25, 0.3) is 0 Å². The molecule has 0 aliphatic rings. The van der Waals surface area contributed by atoms with Crippen molar-refractivity contribution < 1.29 is 9.53 Å². The topological polar surface area (TPSA) is 50.4 Å². The molecule has 0 rings (SSSR count). The molecule has 13 heavy (non-hydrogen) atoms. The Bertz CT molecular complexity index is 194. The summed E-state index contributed by atoms with van der Waals surface area (Å²) in [6.07, 6.45) is -0.478. The zero-order valence-corrected chi connectivity index (χ0v) is 8.73. The van der Waals surface area contributed by atoms with Gasteiger partial charge in [0.15, 0.2) is 0 Å². The normalized spacial score (nSPS) is 10.8. The lowest BCUT2D eigenvalue weighted by atomic mass is 10.2. The Labute approximate surface area is 79.3 Å². The van der Waals surface area contributed by atoms with Crippen molar-refractivity contribution in [3.8, 4) is 0 Å². The minimum atomic E-state index is -0.478. The van der Waals surface area contributed by atoms with Crippen molar-refractivity contribution in [2.75, 3.05) is 6.54 Å². The zero-order valence-electron chi connectivity index (χ0n) is 8.73. The Morgan fingerprint density at radius 2 is 2.00 bits per heavy atom. The fourth-order valence-electron chi connectivity index (χ4n) is 0.571. The van der Waals surface area contributed by atoms with E-state index in [-0.39, 0.29) is 0 Å². The Hall–Kier alpha value is -1.03. The molecular weight excluding hydrogens is 168 g/mol. The molecule has 0 aromatic carbocycles. The highest BCUT2D eigenvalue weighted by atomic mass is 16.6. The van der Waals surface area contributed by atoms with Crippen LogP contribution < -0.4 is 10.9 Å². The average Bonchev–Trinajstić information content (AvgIpc) is 1.81. The molecule has 0 aromatic rings. The summed E-state index contributed by atoms with van der Waals surface area (Å²) >= 11 is 0. The van der Waals surface area contributed by atoms with Gasteiger partial charge >= 0.3 is 6.09 Å². The largest absolute Gasteiger partial charge is 0.443 e. The number of hydrazine groups is 1. The predicted molar refractivity (Wildman–Crippen MR) is 52.2 cm³/mol. The quantitative estimate of drug-likeness (QED) is 0.520. The lowest BCUT2D eigenvalue weighted by molar-refractivity contribution is 0.0501. The molecular formula is C9H18N2O2. The van der Waals surface area contributed by atoms with Crippen LogP contribution in [0.4, 0.5) is 4.79 Å². The maximum absolute atomic E-state index is 11.0. The summed E-state index contributed by atoms with van der Waals surface area (Å²) in [7, 11) is 0. The van der Waals surface area contributed by atoms with E-state index in [1.807, 2.05) is 27.7 Å². The number of hydrogen-bond acceptors (Lipinski definition) is 3. The molecule has 0 atom stereocenters. The summed E-state index contributed by atoms with van der Waals surface area (Å²) < 4.78 is 4.98. The maximum Gasteiger partial charge on any atom is 0.422 e.